The maximum atomic E-state index is 12.8. The summed E-state index contributed by atoms with van der Waals surface area (Å²) in [6.07, 6.45) is 3.95. The Morgan fingerprint density at radius 3 is 2.08 bits per heavy atom. The van der Waals surface area contributed by atoms with Gasteiger partial charge in [-0.3, -0.25) is 9.59 Å². The minimum absolute atomic E-state index is 0.117. The summed E-state index contributed by atoms with van der Waals surface area (Å²) >= 11 is 0. The molecule has 2 unspecified atom stereocenters. The van der Waals surface area contributed by atoms with Crippen molar-refractivity contribution in [3.05, 3.63) is 11.6 Å². The van der Waals surface area contributed by atoms with Gasteiger partial charge < -0.3 is 30.6 Å². The fourth-order valence-electron chi connectivity index (χ4n) is 10.6. The van der Waals surface area contributed by atoms with E-state index in [1.807, 2.05) is 20.8 Å². The van der Waals surface area contributed by atoms with Crippen LogP contribution in [0.3, 0.4) is 0 Å². The average molecular weight is 535 g/mol. The third-order valence-electron chi connectivity index (χ3n) is 13.6. The van der Waals surface area contributed by atoms with E-state index in [1.165, 1.54) is 0 Å². The van der Waals surface area contributed by atoms with E-state index in [2.05, 4.69) is 19.9 Å². The lowest BCUT2D eigenvalue weighted by molar-refractivity contribution is -0.303. The highest BCUT2D eigenvalue weighted by atomic mass is 16.4. The molecular weight excluding hydrogens is 488 g/mol. The van der Waals surface area contributed by atoms with Gasteiger partial charge in [0, 0.05) is 11.3 Å². The Morgan fingerprint density at radius 1 is 0.868 bits per heavy atom. The number of aliphatic hydroxyl groups excluding tert-OH is 3. The highest BCUT2D eigenvalue weighted by Crippen LogP contribution is 2.76. The van der Waals surface area contributed by atoms with Gasteiger partial charge in [-0.15, -0.1) is 0 Å². The maximum absolute atomic E-state index is 12.8. The highest BCUT2D eigenvalue weighted by molar-refractivity contribution is 5.78. The zero-order valence-electron chi connectivity index (χ0n) is 23.5. The van der Waals surface area contributed by atoms with E-state index >= 15 is 0 Å². The SMILES string of the molecule is CC1(C)CC[C@]2(C(=O)O)CC[C@]3(C)C(=CC[C@@H]4[C@@]5(C)CC[C@H](O)C(CO)(C(=O)O)C5(O)CC[C@]43C)[C@H]2[C@@H]1O. The number of hydrogen-bond acceptors (Lipinski definition) is 6. The monoisotopic (exact) mass is 534 g/mol. The molecule has 6 N–H and O–H groups in total. The maximum Gasteiger partial charge on any atom is 0.317 e. The Morgan fingerprint density at radius 2 is 1.50 bits per heavy atom. The van der Waals surface area contributed by atoms with Crippen LogP contribution in [0.1, 0.15) is 92.4 Å². The standard InChI is InChI=1S/C30H46O8/c1-24(2)10-13-28(22(34)35)14-11-25(3)17(20(28)21(24)33)6-7-18-26(25,4)12-15-30(38)27(18,5)9-8-19(32)29(30,16-31)23(36)37/h6,18-21,31-33,38H,7-16H2,1-5H3,(H,34,35)(H,36,37)/t18-,19-,20-,21-,25+,26+,27+,28-,29?,30?/m0/s1. The van der Waals surface area contributed by atoms with Gasteiger partial charge in [0.15, 0.2) is 0 Å². The molecule has 0 spiro atoms. The van der Waals surface area contributed by atoms with Crippen LogP contribution in [0.15, 0.2) is 11.6 Å². The number of rotatable bonds is 3. The summed E-state index contributed by atoms with van der Waals surface area (Å²) in [5, 5.41) is 66.1. The van der Waals surface area contributed by atoms with Gasteiger partial charge in [0.25, 0.3) is 0 Å². The Bertz CT molecular complexity index is 1080. The van der Waals surface area contributed by atoms with E-state index in [-0.39, 0.29) is 18.8 Å². The van der Waals surface area contributed by atoms with Crippen molar-refractivity contribution in [2.45, 2.75) is 110 Å². The number of hydrogen-bond donors (Lipinski definition) is 6. The molecule has 8 heteroatoms. The Balaban J connectivity index is 1.67. The van der Waals surface area contributed by atoms with Crippen molar-refractivity contribution in [1.29, 1.82) is 0 Å². The summed E-state index contributed by atoms with van der Waals surface area (Å²) in [7, 11) is 0. The Labute approximate surface area is 225 Å². The number of carboxylic acid groups (broad SMARTS) is 2. The van der Waals surface area contributed by atoms with Crippen molar-refractivity contribution in [3.63, 3.8) is 0 Å². The molecule has 0 aliphatic heterocycles. The van der Waals surface area contributed by atoms with Gasteiger partial charge in [-0.1, -0.05) is 46.3 Å². The number of aliphatic hydroxyl groups is 4. The summed E-state index contributed by atoms with van der Waals surface area (Å²) in [6, 6.07) is 0. The molecule has 10 atom stereocenters. The second-order valence-corrected chi connectivity index (χ2v) is 14.8. The summed E-state index contributed by atoms with van der Waals surface area (Å²) in [4.78, 5) is 25.4. The van der Waals surface area contributed by atoms with E-state index in [9.17, 15) is 40.2 Å². The van der Waals surface area contributed by atoms with Crippen LogP contribution in [-0.4, -0.2) is 67.0 Å². The van der Waals surface area contributed by atoms with Gasteiger partial charge in [0.1, 0.15) is 5.41 Å². The number of allylic oxidation sites excluding steroid dienone is 1. The van der Waals surface area contributed by atoms with Crippen LogP contribution in [0.2, 0.25) is 0 Å². The minimum atomic E-state index is -2.07. The summed E-state index contributed by atoms with van der Waals surface area (Å²) in [6.45, 7) is 9.50. The molecule has 5 aliphatic carbocycles. The molecule has 4 saturated carbocycles. The van der Waals surface area contributed by atoms with Crippen LogP contribution in [-0.2, 0) is 9.59 Å². The topological polar surface area (TPSA) is 156 Å². The van der Waals surface area contributed by atoms with Crippen LogP contribution in [0, 0.1) is 44.3 Å². The quantitative estimate of drug-likeness (QED) is 0.301. The van der Waals surface area contributed by atoms with Crippen molar-refractivity contribution in [1.82, 2.24) is 0 Å². The number of carboxylic acids is 2. The first-order valence-corrected chi connectivity index (χ1v) is 14.3. The van der Waals surface area contributed by atoms with Crippen molar-refractivity contribution in [2.75, 3.05) is 6.61 Å². The van der Waals surface area contributed by atoms with Gasteiger partial charge in [0.2, 0.25) is 0 Å². The molecule has 0 amide bonds. The summed E-state index contributed by atoms with van der Waals surface area (Å²) in [5.41, 5.74) is -6.02. The van der Waals surface area contributed by atoms with E-state index in [1.54, 1.807) is 0 Å². The van der Waals surface area contributed by atoms with Crippen LogP contribution in [0.5, 0.6) is 0 Å². The number of carbonyl (C=O) groups is 2. The van der Waals surface area contributed by atoms with E-state index in [0.29, 0.717) is 44.9 Å². The predicted octanol–water partition coefficient (Wildman–Crippen LogP) is 3.36. The molecule has 214 valence electrons. The van der Waals surface area contributed by atoms with Gasteiger partial charge >= 0.3 is 11.9 Å². The first-order chi connectivity index (χ1) is 17.5. The molecule has 0 aromatic rings. The fraction of sp³-hybridized carbons (Fsp3) is 0.867. The molecule has 0 bridgehead atoms. The fourth-order valence-corrected chi connectivity index (χ4v) is 10.6. The molecule has 0 radical (unpaired) electrons. The van der Waals surface area contributed by atoms with Gasteiger partial charge in [-0.05, 0) is 80.0 Å². The minimum Gasteiger partial charge on any atom is -0.481 e. The first kappa shape index (κ1) is 28.1. The van der Waals surface area contributed by atoms with Crippen LogP contribution in [0.4, 0.5) is 0 Å². The molecule has 4 fully saturated rings. The van der Waals surface area contributed by atoms with Crippen LogP contribution >= 0.6 is 0 Å². The number of fused-ring (bicyclic) bond motifs is 7. The van der Waals surface area contributed by atoms with E-state index in [0.717, 1.165) is 5.57 Å². The van der Waals surface area contributed by atoms with Gasteiger partial charge in [-0.2, -0.15) is 0 Å². The molecule has 5 rings (SSSR count). The normalized spacial score (nSPS) is 53.4. The molecule has 0 saturated heterocycles. The van der Waals surface area contributed by atoms with Gasteiger partial charge in [-0.25, -0.2) is 0 Å². The zero-order chi connectivity index (χ0) is 28.3. The Kier molecular flexibility index (Phi) is 5.94. The highest BCUT2D eigenvalue weighted by Gasteiger charge is 2.77. The van der Waals surface area contributed by atoms with Crippen molar-refractivity contribution in [2.24, 2.45) is 44.3 Å². The second-order valence-electron chi connectivity index (χ2n) is 14.8. The lowest BCUT2D eigenvalue weighted by Crippen LogP contribution is -2.76. The molecule has 0 aromatic carbocycles. The molecule has 0 heterocycles. The van der Waals surface area contributed by atoms with Crippen LogP contribution in [0.25, 0.3) is 0 Å². The molecule has 8 nitrogen and oxygen atoms in total. The Hall–Kier alpha value is -1.48. The molecule has 38 heavy (non-hydrogen) atoms. The van der Waals surface area contributed by atoms with Gasteiger partial charge in [0.05, 0.1) is 29.8 Å². The third kappa shape index (κ3) is 2.86. The van der Waals surface area contributed by atoms with Crippen molar-refractivity contribution in [3.8, 4) is 0 Å². The predicted molar refractivity (Wildman–Crippen MR) is 139 cm³/mol. The smallest absolute Gasteiger partial charge is 0.317 e. The second kappa shape index (κ2) is 8.05. The zero-order valence-corrected chi connectivity index (χ0v) is 23.5. The average Bonchev–Trinajstić information content (AvgIpc) is 2.83. The van der Waals surface area contributed by atoms with E-state index in [4.69, 9.17) is 0 Å². The number of aliphatic carboxylic acids is 2. The molecule has 0 aromatic heterocycles. The lowest BCUT2D eigenvalue weighted by Gasteiger charge is -2.73. The largest absolute Gasteiger partial charge is 0.481 e. The first-order valence-electron chi connectivity index (χ1n) is 14.3. The molecule has 5 aliphatic rings. The summed E-state index contributed by atoms with van der Waals surface area (Å²) in [5.74, 6) is -2.86. The van der Waals surface area contributed by atoms with Crippen molar-refractivity contribution >= 4 is 11.9 Å². The third-order valence-corrected chi connectivity index (χ3v) is 13.6. The van der Waals surface area contributed by atoms with E-state index < -0.39 is 74.8 Å². The van der Waals surface area contributed by atoms with Crippen LogP contribution < -0.4 is 0 Å². The molecular formula is C30H46O8. The van der Waals surface area contributed by atoms with Crippen molar-refractivity contribution < 1.29 is 40.2 Å². The summed E-state index contributed by atoms with van der Waals surface area (Å²) < 4.78 is 0. The lowest BCUT2D eigenvalue weighted by atomic mass is 9.32.